The molecular formula is C15H21N3OS2. The number of rotatable bonds is 6. The first kappa shape index (κ1) is 15.1. The van der Waals surface area contributed by atoms with Crippen LogP contribution in [-0.2, 0) is 12.8 Å². The minimum atomic E-state index is 0.0461. The van der Waals surface area contributed by atoms with Crippen LogP contribution >= 0.6 is 23.1 Å². The van der Waals surface area contributed by atoms with Crippen molar-refractivity contribution in [2.45, 2.75) is 38.3 Å². The summed E-state index contributed by atoms with van der Waals surface area (Å²) in [6.07, 6.45) is 3.33. The van der Waals surface area contributed by atoms with Crippen LogP contribution in [0.1, 0.15) is 30.7 Å². The van der Waals surface area contributed by atoms with E-state index in [1.54, 1.807) is 23.1 Å². The molecule has 114 valence electrons. The number of nitrogens with zero attached hydrogens (tertiary/aromatic N) is 2. The summed E-state index contributed by atoms with van der Waals surface area (Å²) in [5.41, 5.74) is 1.30. The van der Waals surface area contributed by atoms with Gasteiger partial charge in [0.25, 0.3) is 5.56 Å². The monoisotopic (exact) mass is 323 g/mol. The predicted molar refractivity (Wildman–Crippen MR) is 90.8 cm³/mol. The average molecular weight is 323 g/mol. The molecule has 2 heterocycles. The highest BCUT2D eigenvalue weighted by Crippen LogP contribution is 2.34. The quantitative estimate of drug-likeness (QED) is 0.656. The van der Waals surface area contributed by atoms with Crippen LogP contribution in [-0.4, -0.2) is 40.3 Å². The van der Waals surface area contributed by atoms with Crippen molar-refractivity contribution in [1.29, 1.82) is 0 Å². The summed E-state index contributed by atoms with van der Waals surface area (Å²) in [5, 5.41) is 1.61. The van der Waals surface area contributed by atoms with Gasteiger partial charge in [-0.2, -0.15) is 0 Å². The first-order valence-corrected chi connectivity index (χ1v) is 9.42. The van der Waals surface area contributed by atoms with Crippen LogP contribution in [0.15, 0.2) is 9.95 Å². The van der Waals surface area contributed by atoms with Crippen molar-refractivity contribution in [2.24, 2.45) is 0 Å². The Kier molecular flexibility index (Phi) is 4.66. The summed E-state index contributed by atoms with van der Waals surface area (Å²) >= 11 is 3.36. The van der Waals surface area contributed by atoms with Gasteiger partial charge in [-0.05, 0) is 37.9 Å². The van der Waals surface area contributed by atoms with Crippen molar-refractivity contribution in [3.8, 4) is 0 Å². The van der Waals surface area contributed by atoms with Crippen molar-refractivity contribution < 1.29 is 0 Å². The second-order valence-electron chi connectivity index (χ2n) is 5.28. The van der Waals surface area contributed by atoms with Gasteiger partial charge in [-0.25, -0.2) is 4.98 Å². The van der Waals surface area contributed by atoms with Crippen LogP contribution < -0.4 is 5.56 Å². The highest BCUT2D eigenvalue weighted by molar-refractivity contribution is 7.99. The van der Waals surface area contributed by atoms with Crippen molar-refractivity contribution in [2.75, 3.05) is 25.4 Å². The minimum Gasteiger partial charge on any atom is -0.303 e. The smallest absolute Gasteiger partial charge is 0.260 e. The molecule has 2 aromatic heterocycles. The van der Waals surface area contributed by atoms with Crippen molar-refractivity contribution in [3.63, 3.8) is 0 Å². The van der Waals surface area contributed by atoms with E-state index >= 15 is 0 Å². The Morgan fingerprint density at radius 1 is 1.33 bits per heavy atom. The lowest BCUT2D eigenvalue weighted by Gasteiger charge is -2.16. The van der Waals surface area contributed by atoms with Gasteiger partial charge >= 0.3 is 0 Å². The van der Waals surface area contributed by atoms with Gasteiger partial charge in [-0.1, -0.05) is 25.6 Å². The summed E-state index contributed by atoms with van der Waals surface area (Å²) in [4.78, 5) is 24.6. The Hall–Kier alpha value is -0.850. The highest BCUT2D eigenvalue weighted by Gasteiger charge is 2.21. The van der Waals surface area contributed by atoms with Gasteiger partial charge < -0.3 is 9.88 Å². The van der Waals surface area contributed by atoms with Gasteiger partial charge in [0.1, 0.15) is 4.83 Å². The third-order valence-electron chi connectivity index (χ3n) is 4.09. The topological polar surface area (TPSA) is 49.0 Å². The number of hydrogen-bond acceptors (Lipinski definition) is 5. The van der Waals surface area contributed by atoms with Gasteiger partial charge in [-0.15, -0.1) is 11.3 Å². The molecule has 0 unspecified atom stereocenters. The lowest BCUT2D eigenvalue weighted by atomic mass is 10.2. The predicted octanol–water partition coefficient (Wildman–Crippen LogP) is 2.91. The van der Waals surface area contributed by atoms with Crippen LogP contribution in [0.5, 0.6) is 0 Å². The third kappa shape index (κ3) is 3.03. The van der Waals surface area contributed by atoms with E-state index in [1.807, 2.05) is 0 Å². The second kappa shape index (κ2) is 6.50. The fourth-order valence-corrected chi connectivity index (χ4v) is 5.05. The van der Waals surface area contributed by atoms with E-state index in [9.17, 15) is 4.79 Å². The van der Waals surface area contributed by atoms with Crippen LogP contribution in [0.4, 0.5) is 0 Å². The molecule has 0 amide bonds. The SMILES string of the molecule is CCN(CC)CCSc1nc2sc3c(c2c(=O)[nH]1)CCC3. The summed E-state index contributed by atoms with van der Waals surface area (Å²) < 4.78 is 0. The number of thiophene rings is 1. The molecule has 0 aliphatic heterocycles. The Bertz CT molecular complexity index is 688. The lowest BCUT2D eigenvalue weighted by Crippen LogP contribution is -2.25. The maximum absolute atomic E-state index is 12.3. The molecule has 0 aromatic carbocycles. The molecule has 0 bridgehead atoms. The molecule has 0 saturated carbocycles. The van der Waals surface area contributed by atoms with Crippen LogP contribution in [0, 0.1) is 0 Å². The van der Waals surface area contributed by atoms with Gasteiger partial charge in [0.05, 0.1) is 5.39 Å². The number of nitrogens with one attached hydrogen (secondary N) is 1. The molecule has 4 nitrogen and oxygen atoms in total. The fraction of sp³-hybridized carbons (Fsp3) is 0.600. The van der Waals surface area contributed by atoms with E-state index in [0.29, 0.717) is 0 Å². The standard InChI is InChI=1S/C15H21N3OS2/c1-3-18(4-2)8-9-20-15-16-13(19)12-10-6-5-7-11(10)21-14(12)17-15/h3-9H2,1-2H3,(H,16,17,19). The number of aromatic nitrogens is 2. The third-order valence-corrected chi connectivity index (χ3v) is 6.13. The summed E-state index contributed by atoms with van der Waals surface area (Å²) in [7, 11) is 0. The highest BCUT2D eigenvalue weighted by atomic mass is 32.2. The zero-order valence-electron chi connectivity index (χ0n) is 12.6. The zero-order chi connectivity index (χ0) is 14.8. The number of fused-ring (bicyclic) bond motifs is 3. The summed E-state index contributed by atoms with van der Waals surface area (Å²) in [6.45, 7) is 7.51. The molecule has 1 aliphatic rings. The normalized spacial score (nSPS) is 14.2. The molecule has 0 spiro atoms. The van der Waals surface area contributed by atoms with Gasteiger partial charge in [0.2, 0.25) is 0 Å². The molecule has 2 aromatic rings. The number of thioether (sulfide) groups is 1. The van der Waals surface area contributed by atoms with Gasteiger partial charge in [-0.3, -0.25) is 4.79 Å². The van der Waals surface area contributed by atoms with Crippen LogP contribution in [0.2, 0.25) is 0 Å². The fourth-order valence-electron chi connectivity index (χ4n) is 2.86. The average Bonchev–Trinajstić information content (AvgIpc) is 3.03. The maximum atomic E-state index is 12.3. The maximum Gasteiger partial charge on any atom is 0.260 e. The summed E-state index contributed by atoms with van der Waals surface area (Å²) in [5.74, 6) is 0.960. The minimum absolute atomic E-state index is 0.0461. The molecule has 0 atom stereocenters. The van der Waals surface area contributed by atoms with E-state index in [0.717, 1.165) is 53.6 Å². The van der Waals surface area contributed by atoms with Crippen molar-refractivity contribution >= 4 is 33.3 Å². The molecule has 0 fully saturated rings. The van der Waals surface area contributed by atoms with E-state index in [2.05, 4.69) is 28.7 Å². The molecule has 1 aliphatic carbocycles. The van der Waals surface area contributed by atoms with E-state index in [-0.39, 0.29) is 5.56 Å². The Balaban J connectivity index is 1.77. The molecule has 0 saturated heterocycles. The van der Waals surface area contributed by atoms with Crippen LogP contribution in [0.3, 0.4) is 0 Å². The largest absolute Gasteiger partial charge is 0.303 e. The van der Waals surface area contributed by atoms with Gasteiger partial charge in [0.15, 0.2) is 5.16 Å². The Morgan fingerprint density at radius 2 is 2.14 bits per heavy atom. The molecule has 3 rings (SSSR count). The first-order valence-electron chi connectivity index (χ1n) is 7.62. The van der Waals surface area contributed by atoms with Crippen molar-refractivity contribution in [3.05, 3.63) is 20.8 Å². The van der Waals surface area contributed by atoms with Crippen LogP contribution in [0.25, 0.3) is 10.2 Å². The number of hydrogen-bond donors (Lipinski definition) is 1. The Morgan fingerprint density at radius 3 is 2.90 bits per heavy atom. The number of aromatic amines is 1. The Labute approximate surface area is 133 Å². The molecule has 6 heteroatoms. The lowest BCUT2D eigenvalue weighted by molar-refractivity contribution is 0.324. The number of aryl methyl sites for hydroxylation is 2. The van der Waals surface area contributed by atoms with Gasteiger partial charge in [0, 0.05) is 17.2 Å². The molecule has 21 heavy (non-hydrogen) atoms. The van der Waals surface area contributed by atoms with Crippen molar-refractivity contribution in [1.82, 2.24) is 14.9 Å². The second-order valence-corrected chi connectivity index (χ2v) is 7.45. The van der Waals surface area contributed by atoms with E-state index < -0.39 is 0 Å². The van der Waals surface area contributed by atoms with E-state index in [4.69, 9.17) is 0 Å². The molecule has 0 radical (unpaired) electrons. The first-order chi connectivity index (χ1) is 10.2. The van der Waals surface area contributed by atoms with E-state index in [1.165, 1.54) is 16.9 Å². The molecule has 1 N–H and O–H groups in total. The zero-order valence-corrected chi connectivity index (χ0v) is 14.2. The number of H-pyrrole nitrogens is 1. The molecular weight excluding hydrogens is 302 g/mol. The summed E-state index contributed by atoms with van der Waals surface area (Å²) in [6, 6.07) is 0.